The lowest BCUT2D eigenvalue weighted by molar-refractivity contribution is 0.250. The van der Waals surface area contributed by atoms with Gasteiger partial charge in [-0.3, -0.25) is 0 Å². The van der Waals surface area contributed by atoms with E-state index in [1.54, 1.807) is 6.20 Å². The molecule has 0 atom stereocenters. The number of nitrogens with one attached hydrogen (secondary N) is 2. The van der Waals surface area contributed by atoms with Crippen molar-refractivity contribution in [1.82, 2.24) is 10.3 Å². The van der Waals surface area contributed by atoms with Gasteiger partial charge in [-0.2, -0.15) is 0 Å². The number of hydrogen-bond acceptors (Lipinski definition) is 3. The number of rotatable bonds is 4. The number of amides is 2. The van der Waals surface area contributed by atoms with Gasteiger partial charge in [-0.05, 0) is 28.1 Å². The van der Waals surface area contributed by atoms with E-state index in [-0.39, 0.29) is 12.6 Å². The summed E-state index contributed by atoms with van der Waals surface area (Å²) in [7, 11) is 0. The molecule has 0 aliphatic heterocycles. The third-order valence-electron chi connectivity index (χ3n) is 3.13. The molecule has 23 heavy (non-hydrogen) atoms. The lowest BCUT2D eigenvalue weighted by atomic mass is 10.2. The lowest BCUT2D eigenvalue weighted by Crippen LogP contribution is -2.28. The predicted molar refractivity (Wildman–Crippen MR) is 91.9 cm³/mol. The van der Waals surface area contributed by atoms with Gasteiger partial charge in [0.1, 0.15) is 0 Å². The first-order valence-electron chi connectivity index (χ1n) is 7.02. The first kappa shape index (κ1) is 15.3. The molecule has 6 heteroatoms. The van der Waals surface area contributed by atoms with Crippen LogP contribution in [0.1, 0.15) is 5.89 Å². The van der Waals surface area contributed by atoms with Crippen LogP contribution in [0.25, 0.3) is 11.3 Å². The number of benzene rings is 2. The first-order valence-corrected chi connectivity index (χ1v) is 7.81. The number of aromatic nitrogens is 1. The molecule has 0 aliphatic carbocycles. The molecule has 3 aromatic rings. The van der Waals surface area contributed by atoms with Gasteiger partial charge in [0.05, 0.1) is 18.4 Å². The third-order valence-corrected chi connectivity index (χ3v) is 3.83. The molecule has 0 bridgehead atoms. The maximum Gasteiger partial charge on any atom is 0.319 e. The van der Waals surface area contributed by atoms with Crippen molar-refractivity contribution in [1.29, 1.82) is 0 Å². The average molecular weight is 372 g/mol. The van der Waals surface area contributed by atoms with Crippen molar-refractivity contribution in [2.75, 3.05) is 5.32 Å². The number of carbonyl (C=O) groups is 1. The van der Waals surface area contributed by atoms with Crippen LogP contribution in [-0.2, 0) is 6.54 Å². The topological polar surface area (TPSA) is 67.2 Å². The normalized spacial score (nSPS) is 10.3. The number of hydrogen-bond donors (Lipinski definition) is 2. The molecule has 116 valence electrons. The van der Waals surface area contributed by atoms with E-state index < -0.39 is 0 Å². The Morgan fingerprint density at radius 2 is 1.83 bits per heavy atom. The maximum absolute atomic E-state index is 11.9. The van der Waals surface area contributed by atoms with E-state index in [4.69, 9.17) is 4.42 Å². The van der Waals surface area contributed by atoms with Crippen molar-refractivity contribution in [2.24, 2.45) is 0 Å². The Bertz CT molecular complexity index is 802. The summed E-state index contributed by atoms with van der Waals surface area (Å²) in [4.78, 5) is 16.1. The van der Waals surface area contributed by atoms with Gasteiger partial charge in [-0.25, -0.2) is 9.78 Å². The number of oxazole rings is 1. The standard InChI is InChI=1S/C17H14BrN3O2/c18-13-8-4-5-9-14(13)21-17(22)20-11-16-19-10-15(23-16)12-6-2-1-3-7-12/h1-10H,11H2,(H2,20,21,22). The van der Waals surface area contributed by atoms with Crippen LogP contribution in [0, 0.1) is 0 Å². The second-order valence-electron chi connectivity index (χ2n) is 4.77. The molecule has 1 aromatic heterocycles. The Kier molecular flexibility index (Phi) is 4.73. The largest absolute Gasteiger partial charge is 0.439 e. The molecule has 0 fully saturated rings. The molecule has 1 heterocycles. The van der Waals surface area contributed by atoms with Gasteiger partial charge in [0, 0.05) is 10.0 Å². The highest BCUT2D eigenvalue weighted by Crippen LogP contribution is 2.21. The molecule has 0 aliphatic rings. The minimum Gasteiger partial charge on any atom is -0.439 e. The Morgan fingerprint density at radius 1 is 1.09 bits per heavy atom. The Hall–Kier alpha value is -2.60. The van der Waals surface area contributed by atoms with Crippen LogP contribution in [0.2, 0.25) is 0 Å². The fraction of sp³-hybridized carbons (Fsp3) is 0.0588. The first-order chi connectivity index (χ1) is 11.2. The van der Waals surface area contributed by atoms with E-state index >= 15 is 0 Å². The molecule has 2 amide bonds. The maximum atomic E-state index is 11.9. The second-order valence-corrected chi connectivity index (χ2v) is 5.63. The molecule has 0 spiro atoms. The average Bonchev–Trinajstić information content (AvgIpc) is 3.05. The Morgan fingerprint density at radius 3 is 2.61 bits per heavy atom. The van der Waals surface area contributed by atoms with E-state index in [1.807, 2.05) is 54.6 Å². The van der Waals surface area contributed by atoms with Crippen molar-refractivity contribution in [3.63, 3.8) is 0 Å². The van der Waals surface area contributed by atoms with Crippen molar-refractivity contribution >= 4 is 27.6 Å². The Labute approximate surface area is 141 Å². The number of nitrogens with zero attached hydrogens (tertiary/aromatic N) is 1. The van der Waals surface area contributed by atoms with Crippen LogP contribution in [0.15, 0.2) is 69.7 Å². The zero-order valence-corrected chi connectivity index (χ0v) is 13.7. The van der Waals surface area contributed by atoms with E-state index in [0.29, 0.717) is 17.3 Å². The summed E-state index contributed by atoms with van der Waals surface area (Å²) >= 11 is 3.38. The van der Waals surface area contributed by atoms with E-state index in [0.717, 1.165) is 10.0 Å². The zero-order chi connectivity index (χ0) is 16.1. The van der Waals surface area contributed by atoms with Crippen LogP contribution >= 0.6 is 15.9 Å². The number of anilines is 1. The zero-order valence-electron chi connectivity index (χ0n) is 12.1. The summed E-state index contributed by atoms with van der Waals surface area (Å²) in [6, 6.07) is 16.8. The summed E-state index contributed by atoms with van der Waals surface area (Å²) in [6.07, 6.45) is 1.65. The monoisotopic (exact) mass is 371 g/mol. The van der Waals surface area contributed by atoms with Gasteiger partial charge in [0.25, 0.3) is 0 Å². The highest BCUT2D eigenvalue weighted by Gasteiger charge is 2.08. The van der Waals surface area contributed by atoms with E-state index in [9.17, 15) is 4.79 Å². The Balaban J connectivity index is 1.58. The van der Waals surface area contributed by atoms with Gasteiger partial charge in [-0.1, -0.05) is 42.5 Å². The number of carbonyl (C=O) groups excluding carboxylic acids is 1. The summed E-state index contributed by atoms with van der Waals surface area (Å²) in [5.74, 6) is 1.12. The summed E-state index contributed by atoms with van der Waals surface area (Å²) in [5, 5.41) is 5.46. The summed E-state index contributed by atoms with van der Waals surface area (Å²) < 4.78 is 6.45. The van der Waals surface area contributed by atoms with Gasteiger partial charge < -0.3 is 15.1 Å². The fourth-order valence-corrected chi connectivity index (χ4v) is 2.40. The number of halogens is 1. The molecule has 2 aromatic carbocycles. The SMILES string of the molecule is O=C(NCc1ncc(-c2ccccc2)o1)Nc1ccccc1Br. The van der Waals surface area contributed by atoms with Crippen molar-refractivity contribution in [2.45, 2.75) is 6.54 Å². The molecule has 0 saturated heterocycles. The van der Waals surface area contributed by atoms with Crippen LogP contribution in [0.4, 0.5) is 10.5 Å². The van der Waals surface area contributed by atoms with Crippen molar-refractivity contribution in [3.8, 4) is 11.3 Å². The van der Waals surface area contributed by atoms with Crippen LogP contribution in [0.3, 0.4) is 0 Å². The van der Waals surface area contributed by atoms with Gasteiger partial charge in [-0.15, -0.1) is 0 Å². The molecule has 0 saturated carbocycles. The van der Waals surface area contributed by atoms with Crippen LogP contribution < -0.4 is 10.6 Å². The van der Waals surface area contributed by atoms with Gasteiger partial charge >= 0.3 is 6.03 Å². The van der Waals surface area contributed by atoms with Gasteiger partial charge in [0.15, 0.2) is 5.76 Å². The van der Waals surface area contributed by atoms with Crippen molar-refractivity contribution in [3.05, 3.63) is 71.2 Å². The third kappa shape index (κ3) is 3.98. The molecule has 3 rings (SSSR count). The number of urea groups is 1. The molecule has 0 unspecified atom stereocenters. The second kappa shape index (κ2) is 7.11. The molecule has 2 N–H and O–H groups in total. The predicted octanol–water partition coefficient (Wildman–Crippen LogP) is 4.43. The highest BCUT2D eigenvalue weighted by atomic mass is 79.9. The molecular weight excluding hydrogens is 358 g/mol. The van der Waals surface area contributed by atoms with Crippen molar-refractivity contribution < 1.29 is 9.21 Å². The summed E-state index contributed by atoms with van der Waals surface area (Å²) in [6.45, 7) is 0.211. The van der Waals surface area contributed by atoms with E-state index in [1.165, 1.54) is 0 Å². The number of para-hydroxylation sites is 1. The summed E-state index contributed by atoms with van der Waals surface area (Å²) in [5.41, 5.74) is 1.64. The molecule has 0 radical (unpaired) electrons. The fourth-order valence-electron chi connectivity index (χ4n) is 2.01. The lowest BCUT2D eigenvalue weighted by Gasteiger charge is -2.07. The minimum atomic E-state index is -0.323. The highest BCUT2D eigenvalue weighted by molar-refractivity contribution is 9.10. The molecule has 5 nitrogen and oxygen atoms in total. The molecular formula is C17H14BrN3O2. The van der Waals surface area contributed by atoms with Crippen LogP contribution in [-0.4, -0.2) is 11.0 Å². The van der Waals surface area contributed by atoms with E-state index in [2.05, 4.69) is 31.5 Å². The van der Waals surface area contributed by atoms with Gasteiger partial charge in [0.2, 0.25) is 5.89 Å². The smallest absolute Gasteiger partial charge is 0.319 e. The van der Waals surface area contributed by atoms with Crippen LogP contribution in [0.5, 0.6) is 0 Å². The quantitative estimate of drug-likeness (QED) is 0.712. The minimum absolute atomic E-state index is 0.211.